The maximum atomic E-state index is 13.1. The molecule has 7 heteroatoms. The second kappa shape index (κ2) is 9.12. The predicted molar refractivity (Wildman–Crippen MR) is 121 cm³/mol. The highest BCUT2D eigenvalue weighted by Gasteiger charge is 2.46. The van der Waals surface area contributed by atoms with Crippen molar-refractivity contribution in [2.24, 2.45) is 0 Å². The number of likely N-dealkylation sites (tertiary alicyclic amines) is 1. The third-order valence-corrected chi connectivity index (χ3v) is 5.61. The average Bonchev–Trinajstić information content (AvgIpc) is 2.95. The third-order valence-electron chi connectivity index (χ3n) is 5.33. The van der Waals surface area contributed by atoms with Crippen LogP contribution in [0.5, 0.6) is 5.75 Å². The van der Waals surface area contributed by atoms with E-state index in [-0.39, 0.29) is 22.6 Å². The summed E-state index contributed by atoms with van der Waals surface area (Å²) in [5.74, 6) is -1.39. The fourth-order valence-corrected chi connectivity index (χ4v) is 4.21. The molecule has 0 aromatic heterocycles. The zero-order chi connectivity index (χ0) is 22.9. The van der Waals surface area contributed by atoms with Gasteiger partial charge in [-0.15, -0.1) is 0 Å². The zero-order valence-corrected chi connectivity index (χ0v) is 19.2. The summed E-state index contributed by atoms with van der Waals surface area (Å²) in [4.78, 5) is 29.6. The molecule has 1 aliphatic heterocycles. The summed E-state index contributed by atoms with van der Waals surface area (Å²) in [6, 6.07) is 10.3. The number of amides is 1. The van der Waals surface area contributed by atoms with E-state index in [1.54, 1.807) is 12.1 Å². The van der Waals surface area contributed by atoms with Crippen LogP contribution in [0.1, 0.15) is 28.3 Å². The number of nitrogens with zero attached hydrogens (tertiary/aromatic N) is 2. The summed E-state index contributed by atoms with van der Waals surface area (Å²) in [6.07, 6.45) is 0. The molecular weight excluding hydrogens is 416 g/mol. The van der Waals surface area contributed by atoms with Gasteiger partial charge in [0.2, 0.25) is 0 Å². The number of benzene rings is 2. The van der Waals surface area contributed by atoms with E-state index in [2.05, 4.69) is 0 Å². The van der Waals surface area contributed by atoms with Crippen LogP contribution in [-0.2, 0) is 9.59 Å². The Bertz CT molecular complexity index is 1060. The molecular formula is C24H27ClN2O4. The Balaban J connectivity index is 2.25. The molecule has 164 valence electrons. The number of rotatable bonds is 6. The van der Waals surface area contributed by atoms with Crippen LogP contribution in [0.15, 0.2) is 42.0 Å². The second-order valence-electron chi connectivity index (χ2n) is 8.04. The Morgan fingerprint density at radius 3 is 2.48 bits per heavy atom. The Morgan fingerprint density at radius 2 is 1.87 bits per heavy atom. The molecule has 1 saturated heterocycles. The van der Waals surface area contributed by atoms with Crippen LogP contribution in [0.2, 0.25) is 5.02 Å². The number of halogens is 1. The lowest BCUT2D eigenvalue weighted by atomic mass is 9.93. The van der Waals surface area contributed by atoms with Crippen LogP contribution in [-0.4, -0.2) is 60.9 Å². The van der Waals surface area contributed by atoms with E-state index >= 15 is 0 Å². The van der Waals surface area contributed by atoms with Crippen molar-refractivity contribution in [2.75, 3.05) is 34.3 Å². The minimum absolute atomic E-state index is 0.0364. The number of likely N-dealkylation sites (N-methyl/N-ethyl adjacent to an activating group) is 1. The predicted octanol–water partition coefficient (Wildman–Crippen LogP) is 3.95. The van der Waals surface area contributed by atoms with Crippen molar-refractivity contribution in [3.63, 3.8) is 0 Å². The van der Waals surface area contributed by atoms with Gasteiger partial charge in [-0.05, 0) is 51.2 Å². The Labute approximate surface area is 187 Å². The molecule has 0 aliphatic carbocycles. The van der Waals surface area contributed by atoms with Crippen molar-refractivity contribution < 1.29 is 19.4 Å². The van der Waals surface area contributed by atoms with Crippen LogP contribution in [0.4, 0.5) is 0 Å². The third kappa shape index (κ3) is 4.45. The minimum Gasteiger partial charge on any atom is -0.507 e. The number of aliphatic hydroxyl groups is 1. The van der Waals surface area contributed by atoms with Crippen LogP contribution in [0.3, 0.4) is 0 Å². The zero-order valence-electron chi connectivity index (χ0n) is 18.4. The molecule has 1 heterocycles. The molecule has 0 spiro atoms. The molecule has 1 aliphatic rings. The SMILES string of the molecule is COc1c(Cl)cc(C)cc1/C(O)=C1\C(=O)C(=O)N(CCN(C)C)C1c1cccc(C)c1. The molecule has 2 aromatic rings. The quantitative estimate of drug-likeness (QED) is 0.416. The number of methoxy groups -OCH3 is 1. The first-order chi connectivity index (χ1) is 14.6. The highest BCUT2D eigenvalue weighted by molar-refractivity contribution is 6.46. The molecule has 6 nitrogen and oxygen atoms in total. The first-order valence-corrected chi connectivity index (χ1v) is 10.4. The van der Waals surface area contributed by atoms with E-state index < -0.39 is 17.7 Å². The maximum Gasteiger partial charge on any atom is 0.295 e. The van der Waals surface area contributed by atoms with Gasteiger partial charge in [-0.25, -0.2) is 0 Å². The van der Waals surface area contributed by atoms with Crippen molar-refractivity contribution in [1.29, 1.82) is 0 Å². The van der Waals surface area contributed by atoms with Crippen molar-refractivity contribution in [3.8, 4) is 5.75 Å². The molecule has 0 saturated carbocycles. The first kappa shape index (κ1) is 22.8. The van der Waals surface area contributed by atoms with Gasteiger partial charge in [-0.2, -0.15) is 0 Å². The lowest BCUT2D eigenvalue weighted by Crippen LogP contribution is -2.35. The van der Waals surface area contributed by atoms with Crippen molar-refractivity contribution in [3.05, 3.63) is 69.2 Å². The summed E-state index contributed by atoms with van der Waals surface area (Å²) >= 11 is 6.31. The summed E-state index contributed by atoms with van der Waals surface area (Å²) < 4.78 is 5.40. The number of hydrogen-bond donors (Lipinski definition) is 1. The van der Waals surface area contributed by atoms with Gasteiger partial charge in [0.15, 0.2) is 0 Å². The molecule has 1 fully saturated rings. The normalized spacial score (nSPS) is 18.2. The van der Waals surface area contributed by atoms with Gasteiger partial charge in [0.25, 0.3) is 11.7 Å². The van der Waals surface area contributed by atoms with Gasteiger partial charge >= 0.3 is 0 Å². The molecule has 0 bridgehead atoms. The van der Waals surface area contributed by atoms with Crippen LogP contribution in [0, 0.1) is 13.8 Å². The highest BCUT2D eigenvalue weighted by atomic mass is 35.5. The molecule has 3 rings (SSSR count). The van der Waals surface area contributed by atoms with Gasteiger partial charge < -0.3 is 19.6 Å². The lowest BCUT2D eigenvalue weighted by Gasteiger charge is -2.27. The van der Waals surface area contributed by atoms with Gasteiger partial charge in [-0.1, -0.05) is 41.4 Å². The highest BCUT2D eigenvalue weighted by Crippen LogP contribution is 2.42. The van der Waals surface area contributed by atoms with Crippen LogP contribution in [0.25, 0.3) is 5.76 Å². The molecule has 1 N–H and O–H groups in total. The largest absolute Gasteiger partial charge is 0.507 e. The number of carbonyl (C=O) groups is 2. The van der Waals surface area contributed by atoms with Crippen molar-refractivity contribution >= 4 is 29.1 Å². The van der Waals surface area contributed by atoms with Gasteiger partial charge in [0, 0.05) is 13.1 Å². The maximum absolute atomic E-state index is 13.1. The van der Waals surface area contributed by atoms with Gasteiger partial charge in [0.05, 0.1) is 29.3 Å². The Kier molecular flexibility index (Phi) is 6.72. The lowest BCUT2D eigenvalue weighted by molar-refractivity contribution is -0.140. The molecule has 0 radical (unpaired) electrons. The summed E-state index contributed by atoms with van der Waals surface area (Å²) in [7, 11) is 5.25. The molecule has 1 amide bonds. The molecule has 31 heavy (non-hydrogen) atoms. The molecule has 1 unspecified atom stereocenters. The standard InChI is InChI=1S/C24H27ClN2O4/c1-14-7-6-8-16(11-14)20-19(22(29)24(30)27(20)10-9-26(3)4)21(28)17-12-15(2)13-18(25)23(17)31-5/h6-8,11-13,20,28H,9-10H2,1-5H3/b21-19+. The van der Waals surface area contributed by atoms with E-state index in [1.807, 2.05) is 57.1 Å². The molecule has 2 aromatic carbocycles. The van der Waals surface area contributed by atoms with Crippen LogP contribution < -0.4 is 4.74 Å². The van der Waals surface area contributed by atoms with E-state index in [9.17, 15) is 14.7 Å². The molecule has 1 atom stereocenters. The topological polar surface area (TPSA) is 70.1 Å². The summed E-state index contributed by atoms with van der Waals surface area (Å²) in [5.41, 5.74) is 2.87. The van der Waals surface area contributed by atoms with Gasteiger partial charge in [-0.3, -0.25) is 9.59 Å². The Hall–Kier alpha value is -2.83. The minimum atomic E-state index is -0.720. The average molecular weight is 443 g/mol. The fourth-order valence-electron chi connectivity index (χ4n) is 3.86. The number of aryl methyl sites for hydroxylation is 2. The summed E-state index contributed by atoms with van der Waals surface area (Å²) in [6.45, 7) is 4.70. The van der Waals surface area contributed by atoms with Crippen molar-refractivity contribution in [1.82, 2.24) is 9.80 Å². The number of carbonyl (C=O) groups excluding carboxylic acids is 2. The van der Waals surface area contributed by atoms with E-state index in [4.69, 9.17) is 16.3 Å². The Morgan fingerprint density at radius 1 is 1.16 bits per heavy atom. The number of ketones is 1. The number of ether oxygens (including phenoxy) is 1. The monoisotopic (exact) mass is 442 g/mol. The van der Waals surface area contributed by atoms with Crippen LogP contribution >= 0.6 is 11.6 Å². The number of Topliss-reactive ketones (excluding diaryl/α,β-unsaturated/α-hetero) is 1. The smallest absolute Gasteiger partial charge is 0.295 e. The number of hydrogen-bond acceptors (Lipinski definition) is 5. The van der Waals surface area contributed by atoms with Gasteiger partial charge in [0.1, 0.15) is 11.5 Å². The summed E-state index contributed by atoms with van der Waals surface area (Å²) in [5, 5.41) is 11.6. The number of aliphatic hydroxyl groups excluding tert-OH is 1. The van der Waals surface area contributed by atoms with E-state index in [0.717, 1.165) is 16.7 Å². The second-order valence-corrected chi connectivity index (χ2v) is 8.44. The van der Waals surface area contributed by atoms with E-state index in [0.29, 0.717) is 18.1 Å². The van der Waals surface area contributed by atoms with E-state index in [1.165, 1.54) is 12.0 Å². The fraction of sp³-hybridized carbons (Fsp3) is 0.333. The first-order valence-electron chi connectivity index (χ1n) is 10.00. The van der Waals surface area contributed by atoms with Crippen molar-refractivity contribution in [2.45, 2.75) is 19.9 Å².